The largest absolute Gasteiger partial charge is 0.374 e. The number of nitrogens with one attached hydrogen (secondary N) is 1. The third kappa shape index (κ3) is 3.70. The summed E-state index contributed by atoms with van der Waals surface area (Å²) in [6, 6.07) is 26.7. The molecule has 1 unspecified atom stereocenters. The molecule has 0 bridgehead atoms. The van der Waals surface area contributed by atoms with Crippen LogP contribution in [0.25, 0.3) is 0 Å². The lowest BCUT2D eigenvalue weighted by Gasteiger charge is -2.21. The van der Waals surface area contributed by atoms with E-state index in [4.69, 9.17) is 11.6 Å². The fourth-order valence-corrected chi connectivity index (χ4v) is 2.76. The van der Waals surface area contributed by atoms with Crippen LogP contribution in [0.2, 0.25) is 5.02 Å². The Morgan fingerprint density at radius 1 is 0.727 bits per heavy atom. The molecule has 0 aromatic heterocycles. The Bertz CT molecular complexity index is 724. The topological polar surface area (TPSA) is 12.0 Å². The predicted molar refractivity (Wildman–Crippen MR) is 97.5 cm³/mol. The monoisotopic (exact) mass is 371 g/mol. The van der Waals surface area contributed by atoms with Crippen molar-refractivity contribution in [3.8, 4) is 0 Å². The second-order valence-corrected chi connectivity index (χ2v) is 6.40. The zero-order valence-corrected chi connectivity index (χ0v) is 14.2. The van der Waals surface area contributed by atoms with Crippen molar-refractivity contribution in [1.29, 1.82) is 0 Å². The summed E-state index contributed by atoms with van der Waals surface area (Å²) in [5.74, 6) is 0. The molecule has 0 aliphatic heterocycles. The van der Waals surface area contributed by atoms with Gasteiger partial charge in [-0.1, -0.05) is 70.0 Å². The standard InChI is InChI=1S/C19H15BrClN/c20-16-8-6-15(7-9-16)19(14-4-2-1-3-5-14)22-18-12-10-17(21)11-13-18/h1-13,19,22H. The molecule has 0 spiro atoms. The Hall–Kier alpha value is -1.77. The molecule has 0 fully saturated rings. The molecule has 3 rings (SSSR count). The van der Waals surface area contributed by atoms with Crippen molar-refractivity contribution in [2.24, 2.45) is 0 Å². The molecule has 1 nitrogen and oxygen atoms in total. The molecule has 1 atom stereocenters. The molecule has 3 heteroatoms. The van der Waals surface area contributed by atoms with Gasteiger partial charge in [-0.05, 0) is 47.5 Å². The molecule has 0 saturated carbocycles. The summed E-state index contributed by atoms with van der Waals surface area (Å²) in [4.78, 5) is 0. The maximum atomic E-state index is 5.97. The van der Waals surface area contributed by atoms with Crippen LogP contribution in [0.1, 0.15) is 17.2 Å². The number of hydrogen-bond acceptors (Lipinski definition) is 1. The average Bonchev–Trinajstić information content (AvgIpc) is 2.56. The average molecular weight is 373 g/mol. The molecule has 0 radical (unpaired) electrons. The van der Waals surface area contributed by atoms with Gasteiger partial charge in [0.25, 0.3) is 0 Å². The summed E-state index contributed by atoms with van der Waals surface area (Å²) in [7, 11) is 0. The molecule has 22 heavy (non-hydrogen) atoms. The van der Waals surface area contributed by atoms with Crippen LogP contribution in [0, 0.1) is 0 Å². The zero-order valence-electron chi connectivity index (χ0n) is 11.8. The normalized spacial score (nSPS) is 11.9. The lowest BCUT2D eigenvalue weighted by atomic mass is 9.98. The van der Waals surface area contributed by atoms with Crippen LogP contribution in [-0.2, 0) is 0 Å². The van der Waals surface area contributed by atoms with Gasteiger partial charge < -0.3 is 5.32 Å². The van der Waals surface area contributed by atoms with E-state index < -0.39 is 0 Å². The van der Waals surface area contributed by atoms with Crippen molar-refractivity contribution < 1.29 is 0 Å². The molecule has 3 aromatic carbocycles. The van der Waals surface area contributed by atoms with Gasteiger partial charge >= 0.3 is 0 Å². The highest BCUT2D eigenvalue weighted by atomic mass is 79.9. The summed E-state index contributed by atoms with van der Waals surface area (Å²) >= 11 is 9.46. The van der Waals surface area contributed by atoms with Crippen molar-refractivity contribution >= 4 is 33.2 Å². The van der Waals surface area contributed by atoms with Crippen molar-refractivity contribution in [3.63, 3.8) is 0 Å². The SMILES string of the molecule is Clc1ccc(NC(c2ccccc2)c2ccc(Br)cc2)cc1. The molecule has 3 aromatic rings. The molecule has 1 N–H and O–H groups in total. The van der Waals surface area contributed by atoms with E-state index in [0.717, 1.165) is 15.2 Å². The second kappa shape index (κ2) is 6.99. The first-order valence-corrected chi connectivity index (χ1v) is 8.22. The number of hydrogen-bond donors (Lipinski definition) is 1. The minimum absolute atomic E-state index is 0.0930. The highest BCUT2D eigenvalue weighted by Gasteiger charge is 2.13. The highest BCUT2D eigenvalue weighted by Crippen LogP contribution is 2.28. The van der Waals surface area contributed by atoms with Crippen molar-refractivity contribution in [1.82, 2.24) is 0 Å². The third-order valence-electron chi connectivity index (χ3n) is 3.49. The van der Waals surface area contributed by atoms with Gasteiger partial charge in [0.2, 0.25) is 0 Å². The summed E-state index contributed by atoms with van der Waals surface area (Å²) in [5.41, 5.74) is 3.48. The smallest absolute Gasteiger partial charge is 0.0767 e. The molecule has 0 aliphatic carbocycles. The highest BCUT2D eigenvalue weighted by molar-refractivity contribution is 9.10. The molecular formula is C19H15BrClN. The fourth-order valence-electron chi connectivity index (χ4n) is 2.37. The van der Waals surface area contributed by atoms with Gasteiger partial charge in [-0.2, -0.15) is 0 Å². The van der Waals surface area contributed by atoms with Gasteiger partial charge in [-0.15, -0.1) is 0 Å². The summed E-state index contributed by atoms with van der Waals surface area (Å²) in [5, 5.41) is 4.33. The first-order valence-electron chi connectivity index (χ1n) is 7.05. The Labute approximate surface area is 144 Å². The number of rotatable bonds is 4. The predicted octanol–water partition coefficient (Wildman–Crippen LogP) is 6.30. The summed E-state index contributed by atoms with van der Waals surface area (Å²) < 4.78 is 1.08. The fraction of sp³-hybridized carbons (Fsp3) is 0.0526. The maximum Gasteiger partial charge on any atom is 0.0767 e. The first-order chi connectivity index (χ1) is 10.7. The van der Waals surface area contributed by atoms with Crippen LogP contribution in [0.5, 0.6) is 0 Å². The van der Waals surface area contributed by atoms with Crippen LogP contribution < -0.4 is 5.32 Å². The van der Waals surface area contributed by atoms with Crippen molar-refractivity contribution in [2.45, 2.75) is 6.04 Å². The van der Waals surface area contributed by atoms with Crippen LogP contribution in [0.15, 0.2) is 83.3 Å². The molecule has 0 saturated heterocycles. The number of benzene rings is 3. The Morgan fingerprint density at radius 3 is 1.95 bits per heavy atom. The van der Waals surface area contributed by atoms with E-state index in [9.17, 15) is 0 Å². The van der Waals surface area contributed by atoms with E-state index in [0.29, 0.717) is 0 Å². The molecule has 0 heterocycles. The van der Waals surface area contributed by atoms with E-state index in [1.807, 2.05) is 30.3 Å². The molecule has 0 aliphatic rings. The van der Waals surface area contributed by atoms with Gasteiger partial charge in [-0.25, -0.2) is 0 Å². The van der Waals surface area contributed by atoms with E-state index in [1.165, 1.54) is 11.1 Å². The van der Waals surface area contributed by atoms with Gasteiger partial charge in [0.05, 0.1) is 6.04 Å². The van der Waals surface area contributed by atoms with E-state index in [2.05, 4.69) is 69.8 Å². The maximum absolute atomic E-state index is 5.97. The van der Waals surface area contributed by atoms with E-state index in [-0.39, 0.29) is 6.04 Å². The van der Waals surface area contributed by atoms with Gasteiger partial charge in [0, 0.05) is 15.2 Å². The number of halogens is 2. The lowest BCUT2D eigenvalue weighted by Crippen LogP contribution is -2.12. The van der Waals surface area contributed by atoms with E-state index >= 15 is 0 Å². The van der Waals surface area contributed by atoms with Gasteiger partial charge in [0.15, 0.2) is 0 Å². The van der Waals surface area contributed by atoms with E-state index in [1.54, 1.807) is 0 Å². The minimum Gasteiger partial charge on any atom is -0.374 e. The molecule has 0 amide bonds. The first kappa shape index (κ1) is 15.1. The quantitative estimate of drug-likeness (QED) is 0.566. The van der Waals surface area contributed by atoms with Crippen molar-refractivity contribution in [3.05, 3.63) is 99.5 Å². The number of anilines is 1. The van der Waals surface area contributed by atoms with Crippen molar-refractivity contribution in [2.75, 3.05) is 5.32 Å². The molecule has 110 valence electrons. The third-order valence-corrected chi connectivity index (χ3v) is 4.27. The molecular weight excluding hydrogens is 358 g/mol. The second-order valence-electron chi connectivity index (χ2n) is 5.05. The Balaban J connectivity index is 1.96. The zero-order chi connectivity index (χ0) is 15.4. The van der Waals surface area contributed by atoms with Gasteiger partial charge in [0.1, 0.15) is 0 Å². The summed E-state index contributed by atoms with van der Waals surface area (Å²) in [6.07, 6.45) is 0. The van der Waals surface area contributed by atoms with Crippen LogP contribution >= 0.6 is 27.5 Å². The lowest BCUT2D eigenvalue weighted by molar-refractivity contribution is 0.939. The Kier molecular flexibility index (Phi) is 4.81. The summed E-state index contributed by atoms with van der Waals surface area (Å²) in [6.45, 7) is 0. The van der Waals surface area contributed by atoms with Crippen LogP contribution in [-0.4, -0.2) is 0 Å². The van der Waals surface area contributed by atoms with Crippen LogP contribution in [0.4, 0.5) is 5.69 Å². The Morgan fingerprint density at radius 2 is 1.32 bits per heavy atom. The van der Waals surface area contributed by atoms with Crippen LogP contribution in [0.3, 0.4) is 0 Å². The minimum atomic E-state index is 0.0930. The van der Waals surface area contributed by atoms with Gasteiger partial charge in [-0.3, -0.25) is 0 Å².